The van der Waals surface area contributed by atoms with Crippen LogP contribution in [-0.4, -0.2) is 38.8 Å². The maximum absolute atomic E-state index is 13.3. The molecule has 0 spiro atoms. The molecule has 3 heterocycles. The van der Waals surface area contributed by atoms with Gasteiger partial charge in [-0.3, -0.25) is 9.78 Å². The van der Waals surface area contributed by atoms with E-state index in [4.69, 9.17) is 4.98 Å². The van der Waals surface area contributed by atoms with Crippen LogP contribution in [0.1, 0.15) is 73.9 Å². The molecule has 1 saturated carbocycles. The first-order chi connectivity index (χ1) is 15.7. The lowest BCUT2D eigenvalue weighted by atomic mass is 9.87. The summed E-state index contributed by atoms with van der Waals surface area (Å²) in [7, 11) is 0. The second-order valence-electron chi connectivity index (χ2n) is 9.01. The second kappa shape index (κ2) is 9.19. The Hall–Kier alpha value is -3.08. The molecular formula is C27H30N4O. The molecule has 32 heavy (non-hydrogen) atoms. The van der Waals surface area contributed by atoms with E-state index >= 15 is 0 Å². The zero-order chi connectivity index (χ0) is 21.9. The molecule has 2 aliphatic rings. The molecule has 0 N–H and O–H groups in total. The molecule has 5 rings (SSSR count). The zero-order valence-electron chi connectivity index (χ0n) is 18.7. The van der Waals surface area contributed by atoms with E-state index in [0.717, 1.165) is 60.6 Å². The monoisotopic (exact) mass is 426 g/mol. The summed E-state index contributed by atoms with van der Waals surface area (Å²) in [5.74, 6) is 2.07. The predicted octanol–water partition coefficient (Wildman–Crippen LogP) is 5.32. The molecule has 3 aromatic rings. The van der Waals surface area contributed by atoms with E-state index in [1.165, 1.54) is 12.8 Å². The molecule has 5 nitrogen and oxygen atoms in total. The third-order valence-electron chi connectivity index (χ3n) is 6.87. The van der Waals surface area contributed by atoms with Crippen LogP contribution in [0.2, 0.25) is 0 Å². The van der Waals surface area contributed by atoms with Gasteiger partial charge in [-0.2, -0.15) is 0 Å². The first-order valence-electron chi connectivity index (χ1n) is 11.9. The number of likely N-dealkylation sites (tertiary alicyclic amines) is 1. The maximum Gasteiger partial charge on any atom is 0.230 e. The first kappa shape index (κ1) is 20.8. The number of amides is 1. The molecule has 1 atom stereocenters. The molecule has 1 aromatic carbocycles. The van der Waals surface area contributed by atoms with E-state index in [0.29, 0.717) is 11.8 Å². The minimum Gasteiger partial charge on any atom is -0.342 e. The molecular weight excluding hydrogens is 396 g/mol. The molecule has 2 fully saturated rings. The lowest BCUT2D eigenvalue weighted by Crippen LogP contribution is -2.40. The van der Waals surface area contributed by atoms with Gasteiger partial charge in [0.1, 0.15) is 5.82 Å². The van der Waals surface area contributed by atoms with Crippen molar-refractivity contribution in [2.24, 2.45) is 0 Å². The molecule has 164 valence electrons. The van der Waals surface area contributed by atoms with Crippen LogP contribution in [0.15, 0.2) is 61.1 Å². The minimum absolute atomic E-state index is 0.0550. The van der Waals surface area contributed by atoms with Gasteiger partial charge in [-0.1, -0.05) is 37.3 Å². The third kappa shape index (κ3) is 4.29. The van der Waals surface area contributed by atoms with Gasteiger partial charge >= 0.3 is 0 Å². The Morgan fingerprint density at radius 2 is 1.72 bits per heavy atom. The zero-order valence-corrected chi connectivity index (χ0v) is 18.7. The molecule has 1 amide bonds. The molecule has 0 unspecified atom stereocenters. The predicted molar refractivity (Wildman–Crippen MR) is 125 cm³/mol. The van der Waals surface area contributed by atoms with Gasteiger partial charge in [-0.15, -0.1) is 0 Å². The number of hydrogen-bond acceptors (Lipinski definition) is 4. The topological polar surface area (TPSA) is 59.0 Å². The molecule has 0 bridgehead atoms. The first-order valence-corrected chi connectivity index (χ1v) is 11.9. The van der Waals surface area contributed by atoms with Gasteiger partial charge in [0, 0.05) is 49.1 Å². The Balaban J connectivity index is 1.35. The number of pyridine rings is 1. The standard InChI is InChI=1S/C27H30N4O/c1-2-23(19-6-4-3-5-7-19)27(32)31-16-12-21(13-17-31)25-24(20-10-14-28-15-11-20)18-29-26(30-25)22-8-9-22/h3-7,10-11,14-15,18,21-23H,2,8-9,12-13,16-17H2,1H3/t23-/m0/s1. The van der Waals surface area contributed by atoms with Gasteiger partial charge < -0.3 is 4.90 Å². The number of piperidine rings is 1. The highest BCUT2D eigenvalue weighted by molar-refractivity contribution is 5.83. The molecule has 1 saturated heterocycles. The van der Waals surface area contributed by atoms with Crippen LogP contribution in [0.25, 0.3) is 11.1 Å². The lowest BCUT2D eigenvalue weighted by molar-refractivity contribution is -0.134. The maximum atomic E-state index is 13.3. The van der Waals surface area contributed by atoms with Crippen molar-refractivity contribution in [3.8, 4) is 11.1 Å². The third-order valence-corrected chi connectivity index (χ3v) is 6.87. The van der Waals surface area contributed by atoms with Crippen molar-refractivity contribution in [2.45, 2.75) is 56.8 Å². The van der Waals surface area contributed by atoms with E-state index in [9.17, 15) is 4.79 Å². The largest absolute Gasteiger partial charge is 0.342 e. The van der Waals surface area contributed by atoms with Crippen molar-refractivity contribution in [3.05, 3.63) is 78.1 Å². The van der Waals surface area contributed by atoms with Crippen LogP contribution >= 0.6 is 0 Å². The molecule has 5 heteroatoms. The summed E-state index contributed by atoms with van der Waals surface area (Å²) in [6.07, 6.45) is 10.7. The summed E-state index contributed by atoms with van der Waals surface area (Å²) in [6, 6.07) is 14.2. The van der Waals surface area contributed by atoms with Crippen LogP contribution < -0.4 is 0 Å². The average Bonchev–Trinajstić information content (AvgIpc) is 3.71. The van der Waals surface area contributed by atoms with E-state index in [-0.39, 0.29) is 11.8 Å². The Kier molecular flexibility index (Phi) is 5.97. The number of nitrogens with zero attached hydrogens (tertiary/aromatic N) is 4. The van der Waals surface area contributed by atoms with Crippen molar-refractivity contribution in [3.63, 3.8) is 0 Å². The second-order valence-corrected chi connectivity index (χ2v) is 9.01. The fourth-order valence-electron chi connectivity index (χ4n) is 4.84. The van der Waals surface area contributed by atoms with Crippen molar-refractivity contribution >= 4 is 5.91 Å². The SMILES string of the molecule is CC[C@H](C(=O)N1CCC(c2nc(C3CC3)ncc2-c2ccncc2)CC1)c1ccccc1. The number of carbonyl (C=O) groups excluding carboxylic acids is 1. The summed E-state index contributed by atoms with van der Waals surface area (Å²) < 4.78 is 0. The number of aromatic nitrogens is 3. The van der Waals surface area contributed by atoms with Crippen molar-refractivity contribution < 1.29 is 4.79 Å². The average molecular weight is 427 g/mol. The highest BCUT2D eigenvalue weighted by Gasteiger charge is 2.32. The van der Waals surface area contributed by atoms with Crippen LogP contribution in [0.3, 0.4) is 0 Å². The summed E-state index contributed by atoms with van der Waals surface area (Å²) in [6.45, 7) is 3.67. The summed E-state index contributed by atoms with van der Waals surface area (Å²) in [5.41, 5.74) is 4.49. The van der Waals surface area contributed by atoms with Crippen LogP contribution in [-0.2, 0) is 4.79 Å². The molecule has 0 radical (unpaired) electrons. The Bertz CT molecular complexity index is 1060. The summed E-state index contributed by atoms with van der Waals surface area (Å²) in [5, 5.41) is 0. The lowest BCUT2D eigenvalue weighted by Gasteiger charge is -2.34. The highest BCUT2D eigenvalue weighted by Crippen LogP contribution is 2.41. The minimum atomic E-state index is -0.0550. The Morgan fingerprint density at radius 3 is 2.38 bits per heavy atom. The quantitative estimate of drug-likeness (QED) is 0.535. The number of rotatable bonds is 6. The van der Waals surface area contributed by atoms with Gasteiger partial charge in [0.2, 0.25) is 5.91 Å². The van der Waals surface area contributed by atoms with Gasteiger partial charge in [0.15, 0.2) is 0 Å². The summed E-state index contributed by atoms with van der Waals surface area (Å²) >= 11 is 0. The van der Waals surface area contributed by atoms with Crippen LogP contribution in [0.4, 0.5) is 0 Å². The number of hydrogen-bond donors (Lipinski definition) is 0. The van der Waals surface area contributed by atoms with Crippen molar-refractivity contribution in [2.75, 3.05) is 13.1 Å². The van der Waals surface area contributed by atoms with E-state index in [2.05, 4.69) is 33.9 Å². The number of benzene rings is 1. The van der Waals surface area contributed by atoms with Gasteiger partial charge in [-0.25, -0.2) is 9.97 Å². The summed E-state index contributed by atoms with van der Waals surface area (Å²) in [4.78, 5) is 29.3. The van der Waals surface area contributed by atoms with E-state index in [1.54, 1.807) is 0 Å². The molecule has 1 aliphatic heterocycles. The highest BCUT2D eigenvalue weighted by atomic mass is 16.2. The van der Waals surface area contributed by atoms with Crippen molar-refractivity contribution in [1.29, 1.82) is 0 Å². The van der Waals surface area contributed by atoms with Crippen LogP contribution in [0.5, 0.6) is 0 Å². The Morgan fingerprint density at radius 1 is 1.00 bits per heavy atom. The van der Waals surface area contributed by atoms with Gasteiger partial charge in [0.25, 0.3) is 0 Å². The Labute approximate surface area is 189 Å². The smallest absolute Gasteiger partial charge is 0.230 e. The van der Waals surface area contributed by atoms with Gasteiger partial charge in [-0.05, 0) is 55.4 Å². The normalized spacial score (nSPS) is 17.8. The van der Waals surface area contributed by atoms with E-state index in [1.807, 2.05) is 48.9 Å². The van der Waals surface area contributed by atoms with Crippen molar-refractivity contribution in [1.82, 2.24) is 19.9 Å². The van der Waals surface area contributed by atoms with Gasteiger partial charge in [0.05, 0.1) is 11.6 Å². The fraction of sp³-hybridized carbons (Fsp3) is 0.407. The fourth-order valence-corrected chi connectivity index (χ4v) is 4.84. The number of carbonyl (C=O) groups is 1. The van der Waals surface area contributed by atoms with Crippen LogP contribution in [0, 0.1) is 0 Å². The van der Waals surface area contributed by atoms with E-state index < -0.39 is 0 Å². The molecule has 2 aromatic heterocycles. The molecule has 1 aliphatic carbocycles.